The molecular weight excluding hydrogens is 431 g/mol. The van der Waals surface area contributed by atoms with Gasteiger partial charge in [-0.3, -0.25) is 9.10 Å². The fourth-order valence-corrected chi connectivity index (χ4v) is 5.19. The minimum atomic E-state index is -4.13. The second-order valence-electron chi connectivity index (χ2n) is 8.11. The summed E-state index contributed by atoms with van der Waals surface area (Å²) in [4.78, 5) is 12.6. The third-order valence-corrected chi connectivity index (χ3v) is 7.34. The number of aryl methyl sites for hydroxylation is 1. The number of carbonyl (C=O) groups is 1. The van der Waals surface area contributed by atoms with Crippen LogP contribution in [0.5, 0.6) is 0 Å². The molecule has 2 aromatic carbocycles. The first kappa shape index (κ1) is 24.2. The number of sulfonamides is 1. The van der Waals surface area contributed by atoms with Crippen LogP contribution in [0.15, 0.2) is 53.4 Å². The highest BCUT2D eigenvalue weighted by molar-refractivity contribution is 7.92. The van der Waals surface area contributed by atoms with Gasteiger partial charge in [-0.25, -0.2) is 12.8 Å². The number of benzene rings is 2. The van der Waals surface area contributed by atoms with E-state index in [2.05, 4.69) is 5.32 Å². The van der Waals surface area contributed by atoms with Crippen LogP contribution in [0.2, 0.25) is 0 Å². The molecule has 0 bridgehead atoms. The number of rotatable bonds is 10. The van der Waals surface area contributed by atoms with E-state index in [9.17, 15) is 17.6 Å². The fraction of sp³-hybridized carbons (Fsp3) is 0.458. The molecule has 0 spiro atoms. The summed E-state index contributed by atoms with van der Waals surface area (Å²) in [5.41, 5.74) is 0.735. The zero-order chi connectivity index (χ0) is 23.0. The zero-order valence-corrected chi connectivity index (χ0v) is 19.2. The first-order valence-electron chi connectivity index (χ1n) is 11.1. The molecule has 1 saturated carbocycles. The van der Waals surface area contributed by atoms with Crippen molar-refractivity contribution in [1.82, 2.24) is 5.32 Å². The second kappa shape index (κ2) is 11.4. The topological polar surface area (TPSA) is 75.7 Å². The molecule has 1 aliphatic rings. The van der Waals surface area contributed by atoms with Crippen molar-refractivity contribution in [3.05, 3.63) is 59.9 Å². The van der Waals surface area contributed by atoms with Crippen LogP contribution in [-0.4, -0.2) is 40.1 Å². The van der Waals surface area contributed by atoms with Crippen LogP contribution in [0, 0.1) is 12.7 Å². The molecule has 0 unspecified atom stereocenters. The Labute approximate surface area is 189 Å². The van der Waals surface area contributed by atoms with Gasteiger partial charge in [0.05, 0.1) is 16.7 Å². The predicted molar refractivity (Wildman–Crippen MR) is 123 cm³/mol. The number of nitrogens with one attached hydrogen (secondary N) is 1. The van der Waals surface area contributed by atoms with Crippen LogP contribution in [0.4, 0.5) is 10.1 Å². The summed E-state index contributed by atoms with van der Waals surface area (Å²) in [6.07, 6.45) is 6.76. The van der Waals surface area contributed by atoms with Crippen LogP contribution >= 0.6 is 0 Å². The number of anilines is 1. The van der Waals surface area contributed by atoms with E-state index >= 15 is 0 Å². The Morgan fingerprint density at radius 3 is 2.47 bits per heavy atom. The van der Waals surface area contributed by atoms with E-state index < -0.39 is 28.3 Å². The van der Waals surface area contributed by atoms with Crippen molar-refractivity contribution >= 4 is 21.6 Å². The first-order valence-corrected chi connectivity index (χ1v) is 12.5. The van der Waals surface area contributed by atoms with E-state index in [0.717, 1.165) is 22.7 Å². The molecular formula is C24H31FN2O4S. The van der Waals surface area contributed by atoms with Crippen molar-refractivity contribution < 1.29 is 22.3 Å². The standard InChI is InChI=1S/C24H31FN2O4S/c1-19-12-14-21(15-13-19)32(29,30)27(23-11-6-5-10-22(23)25)18-24(28)26-16-7-17-31-20-8-3-2-4-9-20/h5-6,10-15,20H,2-4,7-9,16-18H2,1H3,(H,26,28). The summed E-state index contributed by atoms with van der Waals surface area (Å²) in [6.45, 7) is 2.24. The average molecular weight is 463 g/mol. The number of ether oxygens (including phenoxy) is 1. The largest absolute Gasteiger partial charge is 0.378 e. The molecule has 1 aliphatic carbocycles. The number of hydrogen-bond acceptors (Lipinski definition) is 4. The fourth-order valence-electron chi connectivity index (χ4n) is 3.76. The highest BCUT2D eigenvalue weighted by atomic mass is 32.2. The third-order valence-electron chi connectivity index (χ3n) is 5.57. The minimum Gasteiger partial charge on any atom is -0.378 e. The molecule has 174 valence electrons. The van der Waals surface area contributed by atoms with E-state index in [1.54, 1.807) is 12.1 Å². The number of para-hydroxylation sites is 1. The molecule has 0 heterocycles. The lowest BCUT2D eigenvalue weighted by atomic mass is 9.98. The van der Waals surface area contributed by atoms with Gasteiger partial charge in [-0.1, -0.05) is 49.1 Å². The molecule has 2 aromatic rings. The van der Waals surface area contributed by atoms with Crippen molar-refractivity contribution in [2.75, 3.05) is 24.0 Å². The highest BCUT2D eigenvalue weighted by Crippen LogP contribution is 2.26. The van der Waals surface area contributed by atoms with Crippen LogP contribution in [-0.2, 0) is 19.6 Å². The molecule has 1 amide bonds. The molecule has 1 fully saturated rings. The number of nitrogens with zero attached hydrogens (tertiary/aromatic N) is 1. The van der Waals surface area contributed by atoms with Crippen molar-refractivity contribution in [3.63, 3.8) is 0 Å². The molecule has 0 atom stereocenters. The van der Waals surface area contributed by atoms with Gasteiger partial charge in [-0.15, -0.1) is 0 Å². The lowest BCUT2D eigenvalue weighted by Gasteiger charge is -2.24. The summed E-state index contributed by atoms with van der Waals surface area (Å²) in [7, 11) is -4.13. The normalized spacial score (nSPS) is 14.8. The molecule has 1 N–H and O–H groups in total. The first-order chi connectivity index (χ1) is 15.4. The van der Waals surface area contributed by atoms with Crippen LogP contribution < -0.4 is 9.62 Å². The van der Waals surface area contributed by atoms with Crippen molar-refractivity contribution in [3.8, 4) is 0 Å². The van der Waals surface area contributed by atoms with Gasteiger partial charge in [0.15, 0.2) is 0 Å². The summed E-state index contributed by atoms with van der Waals surface area (Å²) in [5.74, 6) is -1.21. The smallest absolute Gasteiger partial charge is 0.264 e. The average Bonchev–Trinajstić information content (AvgIpc) is 2.79. The second-order valence-corrected chi connectivity index (χ2v) is 9.97. The Morgan fingerprint density at radius 1 is 1.09 bits per heavy atom. The number of halogens is 1. The number of carbonyl (C=O) groups excluding carboxylic acids is 1. The van der Waals surface area contributed by atoms with Gasteiger partial charge in [-0.2, -0.15) is 0 Å². The molecule has 0 saturated heterocycles. The van der Waals surface area contributed by atoms with Gasteiger partial charge in [-0.05, 0) is 50.5 Å². The van der Waals surface area contributed by atoms with Crippen molar-refractivity contribution in [2.24, 2.45) is 0 Å². The van der Waals surface area contributed by atoms with Gasteiger partial charge < -0.3 is 10.1 Å². The monoisotopic (exact) mass is 462 g/mol. The molecule has 32 heavy (non-hydrogen) atoms. The van der Waals surface area contributed by atoms with Crippen LogP contribution in [0.1, 0.15) is 44.1 Å². The molecule has 8 heteroatoms. The van der Waals surface area contributed by atoms with Crippen LogP contribution in [0.3, 0.4) is 0 Å². The number of amides is 1. The summed E-state index contributed by atoms with van der Waals surface area (Å²) >= 11 is 0. The SMILES string of the molecule is Cc1ccc(S(=O)(=O)N(CC(=O)NCCCOC2CCCCC2)c2ccccc2F)cc1. The Bertz CT molecular complexity index is 989. The predicted octanol–water partition coefficient (Wildman–Crippen LogP) is 4.19. The highest BCUT2D eigenvalue weighted by Gasteiger charge is 2.29. The third kappa shape index (κ3) is 6.53. The van der Waals surface area contributed by atoms with Gasteiger partial charge in [0, 0.05) is 13.2 Å². The molecule has 0 radical (unpaired) electrons. The van der Waals surface area contributed by atoms with E-state index in [1.807, 2.05) is 6.92 Å². The molecule has 6 nitrogen and oxygen atoms in total. The van der Waals surface area contributed by atoms with Gasteiger partial charge in [0.1, 0.15) is 12.4 Å². The lowest BCUT2D eigenvalue weighted by Crippen LogP contribution is -2.41. The lowest BCUT2D eigenvalue weighted by molar-refractivity contribution is -0.119. The summed E-state index contributed by atoms with van der Waals surface area (Å²) in [5, 5.41) is 2.73. The van der Waals surface area contributed by atoms with Gasteiger partial charge >= 0.3 is 0 Å². The Morgan fingerprint density at radius 2 is 1.78 bits per heavy atom. The molecule has 3 rings (SSSR count). The van der Waals surface area contributed by atoms with Gasteiger partial charge in [0.25, 0.3) is 10.0 Å². The number of hydrogen-bond donors (Lipinski definition) is 1. The molecule has 0 aromatic heterocycles. The van der Waals surface area contributed by atoms with Crippen LogP contribution in [0.25, 0.3) is 0 Å². The van der Waals surface area contributed by atoms with E-state index in [0.29, 0.717) is 25.7 Å². The maximum Gasteiger partial charge on any atom is 0.264 e. The minimum absolute atomic E-state index is 0.0000324. The van der Waals surface area contributed by atoms with E-state index in [4.69, 9.17) is 4.74 Å². The van der Waals surface area contributed by atoms with Crippen molar-refractivity contribution in [1.29, 1.82) is 0 Å². The quantitative estimate of drug-likeness (QED) is 0.538. The van der Waals surface area contributed by atoms with Crippen molar-refractivity contribution in [2.45, 2.75) is 56.4 Å². The summed E-state index contributed by atoms with van der Waals surface area (Å²) in [6, 6.07) is 11.8. The Kier molecular flexibility index (Phi) is 8.64. The Hall–Kier alpha value is -2.45. The maximum atomic E-state index is 14.5. The summed E-state index contributed by atoms with van der Waals surface area (Å²) < 4.78 is 47.6. The molecule has 0 aliphatic heterocycles. The zero-order valence-electron chi connectivity index (χ0n) is 18.4. The van der Waals surface area contributed by atoms with E-state index in [1.165, 1.54) is 55.7 Å². The van der Waals surface area contributed by atoms with E-state index in [-0.39, 0.29) is 10.6 Å². The maximum absolute atomic E-state index is 14.5. The Balaban J connectivity index is 1.63. The van der Waals surface area contributed by atoms with Gasteiger partial charge in [0.2, 0.25) is 5.91 Å².